The summed E-state index contributed by atoms with van der Waals surface area (Å²) in [6.07, 6.45) is 0.519. The van der Waals surface area contributed by atoms with E-state index in [0.717, 1.165) is 11.1 Å². The third-order valence-corrected chi connectivity index (χ3v) is 4.45. The van der Waals surface area contributed by atoms with E-state index in [-0.39, 0.29) is 11.8 Å². The van der Waals surface area contributed by atoms with Gasteiger partial charge in [0.25, 0.3) is 0 Å². The predicted molar refractivity (Wildman–Crippen MR) is 98.2 cm³/mol. The highest BCUT2D eigenvalue weighted by Gasteiger charge is 2.34. The minimum atomic E-state index is -0.672. The molecule has 0 saturated heterocycles. The Kier molecular flexibility index (Phi) is 5.26. The number of fused-ring (bicyclic) bond motifs is 2. The second-order valence-electron chi connectivity index (χ2n) is 6.82. The highest BCUT2D eigenvalue weighted by molar-refractivity contribution is 5.92. The van der Waals surface area contributed by atoms with Gasteiger partial charge >= 0.3 is 5.97 Å². The first kappa shape index (κ1) is 18.0. The molecule has 136 valence electrons. The van der Waals surface area contributed by atoms with Crippen LogP contribution in [0.5, 0.6) is 11.5 Å². The van der Waals surface area contributed by atoms with Crippen molar-refractivity contribution in [2.24, 2.45) is 5.92 Å². The van der Waals surface area contributed by atoms with E-state index in [1.807, 2.05) is 62.4 Å². The molecule has 3 rings (SSSR count). The van der Waals surface area contributed by atoms with Crippen molar-refractivity contribution in [1.82, 2.24) is 5.32 Å². The van der Waals surface area contributed by atoms with Crippen molar-refractivity contribution in [3.63, 3.8) is 0 Å². The van der Waals surface area contributed by atoms with E-state index < -0.39 is 17.9 Å². The Labute approximate surface area is 153 Å². The summed E-state index contributed by atoms with van der Waals surface area (Å²) in [5.74, 6) is 0.365. The molecule has 1 atom stereocenters. The normalized spacial score (nSPS) is 14.0. The van der Waals surface area contributed by atoms with Crippen LogP contribution in [0.15, 0.2) is 48.5 Å². The fraction of sp³-hybridized carbons (Fsp3) is 0.333. The van der Waals surface area contributed by atoms with Crippen molar-refractivity contribution in [3.05, 3.63) is 59.7 Å². The summed E-state index contributed by atoms with van der Waals surface area (Å²) in [6, 6.07) is 14.3. The quantitative estimate of drug-likeness (QED) is 0.834. The molecule has 0 radical (unpaired) electrons. The molecule has 0 aliphatic carbocycles. The molecule has 5 heteroatoms. The Morgan fingerprint density at radius 2 is 1.58 bits per heavy atom. The zero-order valence-electron chi connectivity index (χ0n) is 15.2. The van der Waals surface area contributed by atoms with Crippen LogP contribution in [-0.4, -0.2) is 25.0 Å². The smallest absolute Gasteiger partial charge is 0.328 e. The van der Waals surface area contributed by atoms with Crippen LogP contribution in [0.4, 0.5) is 0 Å². The first-order valence-corrected chi connectivity index (χ1v) is 8.75. The summed E-state index contributed by atoms with van der Waals surface area (Å²) in [7, 11) is 1.33. The van der Waals surface area contributed by atoms with Crippen LogP contribution in [-0.2, 0) is 14.3 Å². The van der Waals surface area contributed by atoms with Gasteiger partial charge in [-0.25, -0.2) is 4.79 Å². The molecule has 1 heterocycles. The lowest BCUT2D eigenvalue weighted by molar-refractivity contribution is -0.145. The molecule has 0 unspecified atom stereocenters. The second-order valence-corrected chi connectivity index (χ2v) is 6.82. The molecule has 2 aromatic carbocycles. The van der Waals surface area contributed by atoms with E-state index in [0.29, 0.717) is 17.9 Å². The second kappa shape index (κ2) is 7.60. The van der Waals surface area contributed by atoms with Gasteiger partial charge in [-0.05, 0) is 24.5 Å². The first-order valence-electron chi connectivity index (χ1n) is 8.75. The number of nitrogens with one attached hydrogen (secondary N) is 1. The third kappa shape index (κ3) is 3.57. The minimum Gasteiger partial charge on any atom is -0.467 e. The molecule has 0 saturated carbocycles. The van der Waals surface area contributed by atoms with E-state index in [1.165, 1.54) is 7.11 Å². The number of rotatable bonds is 5. The molecule has 0 aromatic heterocycles. The minimum absolute atomic E-state index is 0.232. The van der Waals surface area contributed by atoms with Crippen molar-refractivity contribution < 1.29 is 19.1 Å². The van der Waals surface area contributed by atoms with Crippen molar-refractivity contribution in [1.29, 1.82) is 0 Å². The fourth-order valence-corrected chi connectivity index (χ4v) is 3.28. The number of benzene rings is 2. The fourth-order valence-electron chi connectivity index (χ4n) is 3.28. The van der Waals surface area contributed by atoms with E-state index in [1.54, 1.807) is 0 Å². The standard InChI is InChI=1S/C21H23NO4/c1-13(2)12-16(21(24)25-3)22-20(23)19-14-8-4-6-10-17(14)26-18-11-7-5-9-15(18)19/h4-11,13,16,19H,12H2,1-3H3,(H,22,23)/t16-/m0/s1. The number of carbonyl (C=O) groups excluding carboxylic acids is 2. The topological polar surface area (TPSA) is 64.6 Å². The molecule has 2 aromatic rings. The van der Waals surface area contributed by atoms with Crippen LogP contribution in [0.25, 0.3) is 0 Å². The van der Waals surface area contributed by atoms with Gasteiger partial charge in [0.05, 0.1) is 13.0 Å². The Bertz CT molecular complexity index is 770. The molecule has 1 amide bonds. The molecule has 0 bridgehead atoms. The summed E-state index contributed by atoms with van der Waals surface area (Å²) < 4.78 is 10.8. The van der Waals surface area contributed by atoms with E-state index in [2.05, 4.69) is 5.32 Å². The lowest BCUT2D eigenvalue weighted by Gasteiger charge is -2.29. The molecule has 1 N–H and O–H groups in total. The maximum Gasteiger partial charge on any atom is 0.328 e. The lowest BCUT2D eigenvalue weighted by atomic mass is 9.87. The highest BCUT2D eigenvalue weighted by Crippen LogP contribution is 2.43. The van der Waals surface area contributed by atoms with Gasteiger partial charge in [-0.1, -0.05) is 50.2 Å². The van der Waals surface area contributed by atoms with Gasteiger partial charge in [-0.3, -0.25) is 4.79 Å². The monoisotopic (exact) mass is 353 g/mol. The Balaban J connectivity index is 1.95. The zero-order chi connectivity index (χ0) is 18.7. The molecule has 26 heavy (non-hydrogen) atoms. The SMILES string of the molecule is COC(=O)[C@H](CC(C)C)NC(=O)C1c2ccccc2Oc2ccccc21. The van der Waals surface area contributed by atoms with Crippen molar-refractivity contribution in [3.8, 4) is 11.5 Å². The van der Waals surface area contributed by atoms with Gasteiger partial charge in [0.2, 0.25) is 5.91 Å². The van der Waals surface area contributed by atoms with Crippen molar-refractivity contribution >= 4 is 11.9 Å². The van der Waals surface area contributed by atoms with E-state index in [4.69, 9.17) is 9.47 Å². The average molecular weight is 353 g/mol. The Morgan fingerprint density at radius 3 is 2.08 bits per heavy atom. The van der Waals surface area contributed by atoms with Crippen LogP contribution < -0.4 is 10.1 Å². The summed E-state index contributed by atoms with van der Waals surface area (Å²) in [5.41, 5.74) is 1.58. The number of amides is 1. The third-order valence-electron chi connectivity index (χ3n) is 4.45. The maximum atomic E-state index is 13.2. The van der Waals surface area contributed by atoms with Crippen molar-refractivity contribution in [2.45, 2.75) is 32.2 Å². The van der Waals surface area contributed by atoms with Gasteiger partial charge < -0.3 is 14.8 Å². The van der Waals surface area contributed by atoms with E-state index >= 15 is 0 Å². The molecule has 0 fully saturated rings. The number of carbonyl (C=O) groups is 2. The summed E-state index contributed by atoms with van der Waals surface area (Å²) in [6.45, 7) is 4.00. The van der Waals surface area contributed by atoms with Gasteiger partial charge in [0.1, 0.15) is 17.5 Å². The van der Waals surface area contributed by atoms with E-state index in [9.17, 15) is 9.59 Å². The molecule has 0 spiro atoms. The Hall–Kier alpha value is -2.82. The number of hydrogen-bond acceptors (Lipinski definition) is 4. The Morgan fingerprint density at radius 1 is 1.04 bits per heavy atom. The number of para-hydroxylation sites is 2. The van der Waals surface area contributed by atoms with Crippen LogP contribution in [0, 0.1) is 5.92 Å². The number of methoxy groups -OCH3 is 1. The molecular weight excluding hydrogens is 330 g/mol. The average Bonchev–Trinajstić information content (AvgIpc) is 2.64. The number of esters is 1. The van der Waals surface area contributed by atoms with Crippen LogP contribution in [0.2, 0.25) is 0 Å². The number of hydrogen-bond donors (Lipinski definition) is 1. The lowest BCUT2D eigenvalue weighted by Crippen LogP contribution is -2.45. The zero-order valence-corrected chi connectivity index (χ0v) is 15.2. The van der Waals surface area contributed by atoms with Gasteiger partial charge in [0, 0.05) is 11.1 Å². The first-order chi connectivity index (χ1) is 12.5. The summed E-state index contributed by atoms with van der Waals surface area (Å²) in [4.78, 5) is 25.3. The van der Waals surface area contributed by atoms with Crippen LogP contribution in [0.1, 0.15) is 37.3 Å². The summed E-state index contributed by atoms with van der Waals surface area (Å²) >= 11 is 0. The molecule has 1 aliphatic heterocycles. The maximum absolute atomic E-state index is 13.2. The van der Waals surface area contributed by atoms with Crippen molar-refractivity contribution in [2.75, 3.05) is 7.11 Å². The van der Waals surface area contributed by atoms with Crippen LogP contribution >= 0.6 is 0 Å². The molecule has 1 aliphatic rings. The predicted octanol–water partition coefficient (Wildman–Crippen LogP) is 3.63. The summed E-state index contributed by atoms with van der Waals surface area (Å²) in [5, 5.41) is 2.88. The van der Waals surface area contributed by atoms with Crippen LogP contribution in [0.3, 0.4) is 0 Å². The molecule has 5 nitrogen and oxygen atoms in total. The molecular formula is C21H23NO4. The highest BCUT2D eigenvalue weighted by atomic mass is 16.5. The largest absolute Gasteiger partial charge is 0.467 e. The van der Waals surface area contributed by atoms with Gasteiger partial charge in [-0.2, -0.15) is 0 Å². The number of ether oxygens (including phenoxy) is 2. The van der Waals surface area contributed by atoms with Gasteiger partial charge in [-0.15, -0.1) is 0 Å². The van der Waals surface area contributed by atoms with Gasteiger partial charge in [0.15, 0.2) is 0 Å².